The molecule has 0 amide bonds. The minimum atomic E-state index is 0.708. The molecule has 25 heavy (non-hydrogen) atoms. The van der Waals surface area contributed by atoms with Gasteiger partial charge in [0, 0.05) is 25.3 Å². The van der Waals surface area contributed by atoms with Crippen molar-refractivity contribution >= 4 is 28.6 Å². The third-order valence-corrected chi connectivity index (χ3v) is 4.73. The molecular weight excluding hydrogens is 316 g/mol. The molecule has 0 N–H and O–H groups in total. The normalized spacial score (nSPS) is 17.1. The van der Waals surface area contributed by atoms with Gasteiger partial charge in [0.2, 0.25) is 11.9 Å². The summed E-state index contributed by atoms with van der Waals surface area (Å²) in [5.41, 5.74) is 4.07. The van der Waals surface area contributed by atoms with Crippen LogP contribution < -0.4 is 9.80 Å². The molecule has 0 unspecified atom stereocenters. The lowest BCUT2D eigenvalue weighted by Gasteiger charge is -2.26. The maximum atomic E-state index is 5.38. The fraction of sp³-hybridized carbons (Fsp3) is 0.333. The summed E-state index contributed by atoms with van der Waals surface area (Å²) in [6.45, 7) is 3.96. The van der Waals surface area contributed by atoms with E-state index in [1.807, 2.05) is 0 Å². The van der Waals surface area contributed by atoms with E-state index in [0.717, 1.165) is 43.0 Å². The molecule has 2 aliphatic heterocycles. The van der Waals surface area contributed by atoms with Crippen LogP contribution in [0.25, 0.3) is 11.0 Å². The van der Waals surface area contributed by atoms with E-state index in [1.165, 1.54) is 11.3 Å². The number of fused-ring (bicyclic) bond motifs is 2. The fourth-order valence-corrected chi connectivity index (χ4v) is 3.41. The number of ether oxygens (including phenoxy) is 1. The molecule has 7 heteroatoms. The first-order chi connectivity index (χ1) is 12.4. The molecule has 1 aromatic carbocycles. The molecule has 126 valence electrons. The van der Waals surface area contributed by atoms with E-state index in [0.29, 0.717) is 19.2 Å². The standard InChI is InChI=1S/C18H18N6O/c1-2-4-16-13(3-1)5-6-24(16)18-20-12-14-15(22-18)11-19-17(21-14)23-7-9-25-10-8-23/h1-4,11-12H,5-10H2. The van der Waals surface area contributed by atoms with Gasteiger partial charge in [-0.15, -0.1) is 0 Å². The van der Waals surface area contributed by atoms with Crippen molar-refractivity contribution in [2.24, 2.45) is 0 Å². The minimum absolute atomic E-state index is 0.708. The van der Waals surface area contributed by atoms with Crippen LogP contribution in [-0.4, -0.2) is 52.8 Å². The van der Waals surface area contributed by atoms with Crippen molar-refractivity contribution < 1.29 is 4.74 Å². The first-order valence-electron chi connectivity index (χ1n) is 8.56. The maximum absolute atomic E-state index is 5.38. The van der Waals surface area contributed by atoms with Crippen molar-refractivity contribution in [3.63, 3.8) is 0 Å². The molecule has 2 aliphatic rings. The molecule has 0 atom stereocenters. The molecule has 1 fully saturated rings. The van der Waals surface area contributed by atoms with E-state index in [-0.39, 0.29) is 0 Å². The molecule has 4 heterocycles. The van der Waals surface area contributed by atoms with Gasteiger partial charge in [-0.05, 0) is 18.1 Å². The number of hydrogen-bond acceptors (Lipinski definition) is 7. The van der Waals surface area contributed by atoms with Crippen molar-refractivity contribution in [3.8, 4) is 0 Å². The predicted molar refractivity (Wildman–Crippen MR) is 95.3 cm³/mol. The second kappa shape index (κ2) is 5.93. The van der Waals surface area contributed by atoms with Gasteiger partial charge in [-0.25, -0.2) is 19.9 Å². The molecule has 1 saturated heterocycles. The lowest BCUT2D eigenvalue weighted by molar-refractivity contribution is 0.122. The van der Waals surface area contributed by atoms with Gasteiger partial charge >= 0.3 is 0 Å². The Kier molecular flexibility index (Phi) is 3.45. The van der Waals surface area contributed by atoms with E-state index in [4.69, 9.17) is 4.74 Å². The molecular formula is C18H18N6O. The third-order valence-electron chi connectivity index (χ3n) is 4.73. The van der Waals surface area contributed by atoms with Crippen LogP contribution in [0.1, 0.15) is 5.56 Å². The highest BCUT2D eigenvalue weighted by Gasteiger charge is 2.22. The highest BCUT2D eigenvalue weighted by molar-refractivity contribution is 5.76. The molecule has 0 radical (unpaired) electrons. The number of para-hydroxylation sites is 1. The Morgan fingerprint density at radius 3 is 2.40 bits per heavy atom. The summed E-state index contributed by atoms with van der Waals surface area (Å²) in [7, 11) is 0. The summed E-state index contributed by atoms with van der Waals surface area (Å²) >= 11 is 0. The van der Waals surface area contributed by atoms with Crippen LogP contribution >= 0.6 is 0 Å². The van der Waals surface area contributed by atoms with E-state index in [2.05, 4.69) is 54.0 Å². The zero-order chi connectivity index (χ0) is 16.6. The van der Waals surface area contributed by atoms with E-state index >= 15 is 0 Å². The van der Waals surface area contributed by atoms with Gasteiger partial charge in [0.1, 0.15) is 11.0 Å². The highest BCUT2D eigenvalue weighted by atomic mass is 16.5. The first kappa shape index (κ1) is 14.5. The van der Waals surface area contributed by atoms with Crippen LogP contribution in [0.5, 0.6) is 0 Å². The van der Waals surface area contributed by atoms with E-state index < -0.39 is 0 Å². The van der Waals surface area contributed by atoms with E-state index in [9.17, 15) is 0 Å². The Morgan fingerprint density at radius 2 is 1.56 bits per heavy atom. The Balaban J connectivity index is 1.48. The molecule has 2 aromatic heterocycles. The first-order valence-corrected chi connectivity index (χ1v) is 8.56. The van der Waals surface area contributed by atoms with E-state index in [1.54, 1.807) is 12.4 Å². The highest BCUT2D eigenvalue weighted by Crippen LogP contribution is 2.32. The molecule has 7 nitrogen and oxygen atoms in total. The molecule has 5 rings (SSSR count). The number of anilines is 3. The largest absolute Gasteiger partial charge is 0.378 e. The number of morpholine rings is 1. The maximum Gasteiger partial charge on any atom is 0.230 e. The van der Waals surface area contributed by atoms with Gasteiger partial charge in [-0.2, -0.15) is 0 Å². The van der Waals surface area contributed by atoms with Crippen LogP contribution in [0.15, 0.2) is 36.7 Å². The summed E-state index contributed by atoms with van der Waals surface area (Å²) in [5.74, 6) is 1.43. The van der Waals surface area contributed by atoms with Crippen LogP contribution in [0.2, 0.25) is 0 Å². The molecule has 3 aromatic rings. The van der Waals surface area contributed by atoms with Gasteiger partial charge in [0.15, 0.2) is 0 Å². The van der Waals surface area contributed by atoms with Crippen molar-refractivity contribution in [3.05, 3.63) is 42.2 Å². The predicted octanol–water partition coefficient (Wildman–Crippen LogP) is 1.95. The summed E-state index contributed by atoms with van der Waals surface area (Å²) in [5, 5.41) is 0. The van der Waals surface area contributed by atoms with Gasteiger partial charge < -0.3 is 14.5 Å². The number of aromatic nitrogens is 4. The number of benzene rings is 1. The Morgan fingerprint density at radius 1 is 0.840 bits per heavy atom. The fourth-order valence-electron chi connectivity index (χ4n) is 3.41. The van der Waals surface area contributed by atoms with Gasteiger partial charge in [-0.1, -0.05) is 18.2 Å². The van der Waals surface area contributed by atoms with Gasteiger partial charge in [0.25, 0.3) is 0 Å². The lowest BCUT2D eigenvalue weighted by atomic mass is 10.2. The monoisotopic (exact) mass is 334 g/mol. The van der Waals surface area contributed by atoms with Crippen LogP contribution in [0, 0.1) is 0 Å². The summed E-state index contributed by atoms with van der Waals surface area (Å²) in [4.78, 5) is 22.7. The van der Waals surface area contributed by atoms with Gasteiger partial charge in [-0.3, -0.25) is 0 Å². The third kappa shape index (κ3) is 2.56. The number of rotatable bonds is 2. The lowest BCUT2D eigenvalue weighted by Crippen LogP contribution is -2.37. The average Bonchev–Trinajstić information content (AvgIpc) is 3.12. The number of nitrogens with zero attached hydrogens (tertiary/aromatic N) is 6. The summed E-state index contributed by atoms with van der Waals surface area (Å²) in [6.07, 6.45) is 4.61. The van der Waals surface area contributed by atoms with Crippen molar-refractivity contribution in [2.75, 3.05) is 42.6 Å². The second-order valence-corrected chi connectivity index (χ2v) is 6.24. The molecule has 0 saturated carbocycles. The quantitative estimate of drug-likeness (QED) is 0.709. The summed E-state index contributed by atoms with van der Waals surface area (Å²) < 4.78 is 5.38. The molecule has 0 bridgehead atoms. The Hall–Kier alpha value is -2.80. The summed E-state index contributed by atoms with van der Waals surface area (Å²) in [6, 6.07) is 8.41. The topological polar surface area (TPSA) is 67.3 Å². The molecule has 0 spiro atoms. The zero-order valence-electron chi connectivity index (χ0n) is 13.8. The molecule has 0 aliphatic carbocycles. The van der Waals surface area contributed by atoms with Crippen molar-refractivity contribution in [1.82, 2.24) is 19.9 Å². The van der Waals surface area contributed by atoms with Crippen molar-refractivity contribution in [2.45, 2.75) is 6.42 Å². The van der Waals surface area contributed by atoms with Crippen molar-refractivity contribution in [1.29, 1.82) is 0 Å². The minimum Gasteiger partial charge on any atom is -0.378 e. The Labute approximate surface area is 145 Å². The SMILES string of the molecule is c1ccc2c(c1)CCN2c1ncc2nc(N3CCOCC3)ncc2n1. The van der Waals surface area contributed by atoms with Crippen LogP contribution in [0.3, 0.4) is 0 Å². The zero-order valence-corrected chi connectivity index (χ0v) is 13.8. The smallest absolute Gasteiger partial charge is 0.230 e. The average molecular weight is 334 g/mol. The number of hydrogen-bond donors (Lipinski definition) is 0. The van der Waals surface area contributed by atoms with Crippen LogP contribution in [0.4, 0.5) is 17.6 Å². The second-order valence-electron chi connectivity index (χ2n) is 6.24. The van der Waals surface area contributed by atoms with Crippen LogP contribution in [-0.2, 0) is 11.2 Å². The van der Waals surface area contributed by atoms with Gasteiger partial charge in [0.05, 0.1) is 25.6 Å². The Bertz CT molecular complexity index is 924.